The van der Waals surface area contributed by atoms with Crippen LogP contribution < -0.4 is 15.8 Å². The van der Waals surface area contributed by atoms with Crippen LogP contribution >= 0.6 is 12.4 Å². The summed E-state index contributed by atoms with van der Waals surface area (Å²) in [5.41, 5.74) is 6.36. The minimum atomic E-state index is -0.0228. The highest BCUT2D eigenvalue weighted by Gasteiger charge is 2.04. The van der Waals surface area contributed by atoms with Gasteiger partial charge in [0.15, 0.2) is 0 Å². The molecule has 0 radical (unpaired) electrons. The highest BCUT2D eigenvalue weighted by atomic mass is 35.5. The summed E-state index contributed by atoms with van der Waals surface area (Å²) in [6.07, 6.45) is 1.12. The van der Waals surface area contributed by atoms with Crippen molar-refractivity contribution in [2.45, 2.75) is 25.8 Å². The number of amides is 1. The molecule has 0 aliphatic carbocycles. The average Bonchev–Trinajstić information content (AvgIpc) is 2.39. The van der Waals surface area contributed by atoms with Crippen molar-refractivity contribution in [2.75, 3.05) is 25.6 Å². The van der Waals surface area contributed by atoms with Gasteiger partial charge in [0, 0.05) is 25.3 Å². The molecule has 1 amide bonds. The molecular formula is C14H23ClN2O3. The third kappa shape index (κ3) is 7.99. The Hall–Kier alpha value is -1.30. The molecule has 0 spiro atoms. The number of ether oxygens (including phenoxy) is 2. The molecule has 1 rings (SSSR count). The van der Waals surface area contributed by atoms with E-state index < -0.39 is 0 Å². The van der Waals surface area contributed by atoms with E-state index in [1.54, 1.807) is 7.11 Å². The maximum absolute atomic E-state index is 11.6. The number of hydrogen-bond donors (Lipinski definition) is 2. The van der Waals surface area contributed by atoms with Crippen LogP contribution in [0.3, 0.4) is 0 Å². The third-order valence-corrected chi connectivity index (χ3v) is 2.52. The summed E-state index contributed by atoms with van der Waals surface area (Å²) >= 11 is 0. The first-order valence-electron chi connectivity index (χ1n) is 6.39. The molecule has 20 heavy (non-hydrogen) atoms. The Morgan fingerprint density at radius 3 is 2.50 bits per heavy atom. The average molecular weight is 303 g/mol. The second-order valence-corrected chi connectivity index (χ2v) is 4.43. The molecule has 1 aromatic rings. The van der Waals surface area contributed by atoms with Gasteiger partial charge in [-0.05, 0) is 37.6 Å². The zero-order valence-corrected chi connectivity index (χ0v) is 12.7. The van der Waals surface area contributed by atoms with Crippen LogP contribution in [0.2, 0.25) is 0 Å². The zero-order valence-electron chi connectivity index (χ0n) is 11.9. The van der Waals surface area contributed by atoms with E-state index in [1.807, 2.05) is 31.2 Å². The van der Waals surface area contributed by atoms with Crippen LogP contribution in [-0.4, -0.2) is 32.3 Å². The lowest BCUT2D eigenvalue weighted by Gasteiger charge is -2.08. The lowest BCUT2D eigenvalue weighted by Crippen LogP contribution is -2.19. The smallest absolute Gasteiger partial charge is 0.224 e. The topological polar surface area (TPSA) is 73.6 Å². The quantitative estimate of drug-likeness (QED) is 0.722. The second kappa shape index (κ2) is 10.5. The second-order valence-electron chi connectivity index (χ2n) is 4.43. The Kier molecular flexibility index (Phi) is 9.80. The predicted molar refractivity (Wildman–Crippen MR) is 82.6 cm³/mol. The Morgan fingerprint density at radius 1 is 1.30 bits per heavy atom. The summed E-state index contributed by atoms with van der Waals surface area (Å²) in [5.74, 6) is 0.732. The van der Waals surface area contributed by atoms with E-state index in [0.717, 1.165) is 11.4 Å². The normalized spacial score (nSPS) is 11.3. The van der Waals surface area contributed by atoms with Gasteiger partial charge in [-0.3, -0.25) is 4.79 Å². The molecule has 0 heterocycles. The largest absolute Gasteiger partial charge is 0.491 e. The summed E-state index contributed by atoms with van der Waals surface area (Å²) < 4.78 is 10.3. The van der Waals surface area contributed by atoms with E-state index in [4.69, 9.17) is 15.2 Å². The molecule has 1 aromatic carbocycles. The van der Waals surface area contributed by atoms with Crippen LogP contribution in [0.15, 0.2) is 24.3 Å². The van der Waals surface area contributed by atoms with Crippen molar-refractivity contribution in [3.8, 4) is 5.75 Å². The Balaban J connectivity index is 0.00000361. The predicted octanol–water partition coefficient (Wildman–Crippen LogP) is 2.20. The molecule has 0 fully saturated rings. The monoisotopic (exact) mass is 302 g/mol. The van der Waals surface area contributed by atoms with Crippen molar-refractivity contribution in [1.29, 1.82) is 0 Å². The van der Waals surface area contributed by atoms with Gasteiger partial charge in [0.2, 0.25) is 5.91 Å². The highest BCUT2D eigenvalue weighted by Crippen LogP contribution is 2.16. The Bertz CT molecular complexity index is 383. The van der Waals surface area contributed by atoms with Crippen molar-refractivity contribution in [1.82, 2.24) is 0 Å². The minimum Gasteiger partial charge on any atom is -0.491 e. The van der Waals surface area contributed by atoms with Gasteiger partial charge in [0.1, 0.15) is 12.4 Å². The van der Waals surface area contributed by atoms with Gasteiger partial charge in [-0.15, -0.1) is 12.4 Å². The van der Waals surface area contributed by atoms with E-state index in [2.05, 4.69) is 5.32 Å². The number of nitrogens with two attached hydrogens (primary N) is 1. The lowest BCUT2D eigenvalue weighted by molar-refractivity contribution is -0.116. The first kappa shape index (κ1) is 18.7. The van der Waals surface area contributed by atoms with Gasteiger partial charge in [-0.2, -0.15) is 0 Å². The molecule has 0 aromatic heterocycles. The molecule has 6 heteroatoms. The van der Waals surface area contributed by atoms with Crippen LogP contribution in [-0.2, 0) is 9.53 Å². The van der Waals surface area contributed by atoms with E-state index in [-0.39, 0.29) is 24.4 Å². The molecule has 0 saturated carbocycles. The number of halogens is 1. The number of nitrogens with one attached hydrogen (secondary N) is 1. The fourth-order valence-electron chi connectivity index (χ4n) is 1.46. The van der Waals surface area contributed by atoms with Crippen LogP contribution in [0, 0.1) is 0 Å². The maximum Gasteiger partial charge on any atom is 0.224 e. The Labute approximate surface area is 126 Å². The first-order valence-corrected chi connectivity index (χ1v) is 6.39. The highest BCUT2D eigenvalue weighted by molar-refractivity contribution is 5.90. The van der Waals surface area contributed by atoms with E-state index in [9.17, 15) is 4.79 Å². The van der Waals surface area contributed by atoms with Crippen molar-refractivity contribution >= 4 is 24.0 Å². The van der Waals surface area contributed by atoms with Crippen LogP contribution in [0.25, 0.3) is 0 Å². The zero-order chi connectivity index (χ0) is 14.1. The van der Waals surface area contributed by atoms with Gasteiger partial charge in [0.05, 0.1) is 6.61 Å². The summed E-state index contributed by atoms with van der Waals surface area (Å²) in [4.78, 5) is 11.6. The lowest BCUT2D eigenvalue weighted by atomic mass is 10.2. The summed E-state index contributed by atoms with van der Waals surface area (Å²) in [5, 5.41) is 2.82. The third-order valence-electron chi connectivity index (χ3n) is 2.52. The number of anilines is 1. The fourth-order valence-corrected chi connectivity index (χ4v) is 1.46. The fraction of sp³-hybridized carbons (Fsp3) is 0.500. The van der Waals surface area contributed by atoms with Crippen LogP contribution in [0.1, 0.15) is 19.8 Å². The molecule has 5 nitrogen and oxygen atoms in total. The molecule has 0 bridgehead atoms. The minimum absolute atomic E-state index is 0. The standard InChI is InChI=1S/C14H22N2O3.ClH/c1-11(15)3-8-14(17)16-12-4-6-13(7-5-12)19-10-9-18-2;/h4-7,11H,3,8-10,15H2,1-2H3,(H,16,17);1H. The van der Waals surface area contributed by atoms with Crippen molar-refractivity contribution in [3.63, 3.8) is 0 Å². The van der Waals surface area contributed by atoms with E-state index in [0.29, 0.717) is 26.1 Å². The number of carbonyl (C=O) groups is 1. The molecule has 114 valence electrons. The summed E-state index contributed by atoms with van der Waals surface area (Å²) in [6, 6.07) is 7.30. The Morgan fingerprint density at radius 2 is 1.95 bits per heavy atom. The first-order chi connectivity index (χ1) is 9.11. The van der Waals surface area contributed by atoms with Crippen molar-refractivity contribution in [2.24, 2.45) is 5.73 Å². The molecule has 0 aliphatic rings. The SMILES string of the molecule is COCCOc1ccc(NC(=O)CCC(C)N)cc1.Cl. The number of hydrogen-bond acceptors (Lipinski definition) is 4. The maximum atomic E-state index is 11.6. The number of methoxy groups -OCH3 is 1. The number of benzene rings is 1. The number of rotatable bonds is 8. The van der Waals surface area contributed by atoms with E-state index >= 15 is 0 Å². The van der Waals surface area contributed by atoms with Crippen LogP contribution in [0.5, 0.6) is 5.75 Å². The number of carbonyl (C=O) groups excluding carboxylic acids is 1. The summed E-state index contributed by atoms with van der Waals surface area (Å²) in [7, 11) is 1.63. The van der Waals surface area contributed by atoms with Gasteiger partial charge in [0.25, 0.3) is 0 Å². The molecule has 3 N–H and O–H groups in total. The van der Waals surface area contributed by atoms with Crippen LogP contribution in [0.4, 0.5) is 5.69 Å². The van der Waals surface area contributed by atoms with Gasteiger partial charge >= 0.3 is 0 Å². The molecule has 0 aliphatic heterocycles. The van der Waals surface area contributed by atoms with Crippen molar-refractivity contribution in [3.05, 3.63) is 24.3 Å². The van der Waals surface area contributed by atoms with Crippen molar-refractivity contribution < 1.29 is 14.3 Å². The molecule has 1 unspecified atom stereocenters. The van der Waals surface area contributed by atoms with Gasteiger partial charge in [-0.25, -0.2) is 0 Å². The van der Waals surface area contributed by atoms with E-state index in [1.165, 1.54) is 0 Å². The molecule has 1 atom stereocenters. The van der Waals surface area contributed by atoms with Gasteiger partial charge in [-0.1, -0.05) is 0 Å². The summed E-state index contributed by atoms with van der Waals surface area (Å²) in [6.45, 7) is 2.95. The molecular weight excluding hydrogens is 280 g/mol. The van der Waals surface area contributed by atoms with Gasteiger partial charge < -0.3 is 20.5 Å². The molecule has 0 saturated heterocycles.